The van der Waals surface area contributed by atoms with Gasteiger partial charge in [-0.2, -0.15) is 0 Å². The van der Waals surface area contributed by atoms with Crippen molar-refractivity contribution in [2.45, 2.75) is 44.3 Å². The summed E-state index contributed by atoms with van der Waals surface area (Å²) in [6.07, 6.45) is 4.08. The first-order valence-corrected chi connectivity index (χ1v) is 6.71. The normalized spacial score (nSPS) is 30.8. The lowest BCUT2D eigenvalue weighted by Crippen LogP contribution is -2.13. The molecule has 3 rings (SSSR count). The van der Waals surface area contributed by atoms with Crippen LogP contribution in [0.1, 0.15) is 45.6 Å². The lowest BCUT2D eigenvalue weighted by atomic mass is 9.90. The highest BCUT2D eigenvalue weighted by Crippen LogP contribution is 2.45. The predicted octanol–water partition coefficient (Wildman–Crippen LogP) is 2.27. The van der Waals surface area contributed by atoms with Gasteiger partial charge in [0.25, 0.3) is 0 Å². The Bertz CT molecular complexity index is 457. The SMILES string of the molecule is COC(=O)c1sc(C2CC3CCC2O3)nc1C. The number of rotatable bonds is 2. The van der Waals surface area contributed by atoms with E-state index in [1.54, 1.807) is 0 Å². The number of carbonyl (C=O) groups excluding carboxylic acids is 1. The Morgan fingerprint density at radius 2 is 2.35 bits per heavy atom. The molecule has 0 spiro atoms. The highest BCUT2D eigenvalue weighted by Gasteiger charge is 2.43. The fraction of sp³-hybridized carbons (Fsp3) is 0.667. The Balaban J connectivity index is 1.87. The number of hydrogen-bond acceptors (Lipinski definition) is 5. The summed E-state index contributed by atoms with van der Waals surface area (Å²) < 4.78 is 10.6. The molecule has 2 fully saturated rings. The van der Waals surface area contributed by atoms with Crippen molar-refractivity contribution in [1.29, 1.82) is 0 Å². The van der Waals surface area contributed by atoms with Crippen LogP contribution >= 0.6 is 11.3 Å². The van der Waals surface area contributed by atoms with E-state index in [0.717, 1.165) is 23.5 Å². The number of hydrogen-bond donors (Lipinski definition) is 0. The zero-order valence-corrected chi connectivity index (χ0v) is 10.8. The maximum atomic E-state index is 11.5. The molecule has 0 aliphatic carbocycles. The average molecular weight is 253 g/mol. The third-order valence-corrected chi connectivity index (χ3v) is 4.88. The highest BCUT2D eigenvalue weighted by molar-refractivity contribution is 7.13. The van der Waals surface area contributed by atoms with Crippen molar-refractivity contribution < 1.29 is 14.3 Å². The second-order valence-corrected chi connectivity index (χ2v) is 5.70. The van der Waals surface area contributed by atoms with E-state index >= 15 is 0 Å². The monoisotopic (exact) mass is 253 g/mol. The lowest BCUT2D eigenvalue weighted by molar-refractivity contribution is 0.0605. The minimum atomic E-state index is -0.282. The van der Waals surface area contributed by atoms with Gasteiger partial charge in [-0.15, -0.1) is 11.3 Å². The van der Waals surface area contributed by atoms with Gasteiger partial charge in [0, 0.05) is 5.92 Å². The van der Waals surface area contributed by atoms with E-state index in [1.807, 2.05) is 6.92 Å². The van der Waals surface area contributed by atoms with Crippen molar-refractivity contribution in [3.05, 3.63) is 15.6 Å². The number of aromatic nitrogens is 1. The zero-order chi connectivity index (χ0) is 12.0. The van der Waals surface area contributed by atoms with Crippen LogP contribution in [0.3, 0.4) is 0 Å². The number of esters is 1. The molecule has 2 saturated heterocycles. The molecule has 0 aromatic carbocycles. The van der Waals surface area contributed by atoms with Gasteiger partial charge in [-0.05, 0) is 26.2 Å². The zero-order valence-electron chi connectivity index (χ0n) is 9.93. The molecular weight excluding hydrogens is 238 g/mol. The summed E-state index contributed by atoms with van der Waals surface area (Å²) in [5.41, 5.74) is 0.777. The fourth-order valence-corrected chi connectivity index (χ4v) is 3.91. The van der Waals surface area contributed by atoms with E-state index in [1.165, 1.54) is 24.9 Å². The van der Waals surface area contributed by atoms with Crippen molar-refractivity contribution in [2.24, 2.45) is 0 Å². The second-order valence-electron chi connectivity index (χ2n) is 4.67. The minimum Gasteiger partial charge on any atom is -0.465 e. The maximum absolute atomic E-state index is 11.5. The Morgan fingerprint density at radius 1 is 1.53 bits per heavy atom. The Morgan fingerprint density at radius 3 is 2.94 bits per heavy atom. The van der Waals surface area contributed by atoms with Crippen LogP contribution in [0.5, 0.6) is 0 Å². The Hall–Kier alpha value is -0.940. The number of thiazole rings is 1. The number of aryl methyl sites for hydroxylation is 1. The van der Waals surface area contributed by atoms with E-state index in [4.69, 9.17) is 9.47 Å². The summed E-state index contributed by atoms with van der Waals surface area (Å²) >= 11 is 1.46. The first kappa shape index (κ1) is 11.2. The van der Waals surface area contributed by atoms with Crippen LogP contribution in [0.4, 0.5) is 0 Å². The Labute approximate surface area is 104 Å². The van der Waals surface area contributed by atoms with E-state index in [9.17, 15) is 4.79 Å². The molecule has 3 heterocycles. The standard InChI is InChI=1S/C12H15NO3S/c1-6-10(12(14)15-2)17-11(13-6)8-5-7-3-4-9(8)16-7/h7-9H,3-5H2,1-2H3. The number of carbonyl (C=O) groups is 1. The van der Waals surface area contributed by atoms with Crippen LogP contribution in [-0.2, 0) is 9.47 Å². The average Bonchev–Trinajstić information content (AvgIpc) is 3.01. The lowest BCUT2D eigenvalue weighted by Gasteiger charge is -2.15. The minimum absolute atomic E-state index is 0.282. The summed E-state index contributed by atoms with van der Waals surface area (Å²) in [5, 5.41) is 1.04. The molecule has 2 aliphatic heterocycles. The molecule has 3 unspecified atom stereocenters. The van der Waals surface area contributed by atoms with E-state index in [0.29, 0.717) is 23.0 Å². The first-order valence-electron chi connectivity index (χ1n) is 5.90. The summed E-state index contributed by atoms with van der Waals surface area (Å²) in [6, 6.07) is 0. The summed E-state index contributed by atoms with van der Waals surface area (Å²) in [5.74, 6) is 0.103. The molecule has 1 aromatic rings. The van der Waals surface area contributed by atoms with Crippen molar-refractivity contribution in [2.75, 3.05) is 7.11 Å². The van der Waals surface area contributed by atoms with Crippen molar-refractivity contribution >= 4 is 17.3 Å². The molecule has 0 amide bonds. The summed E-state index contributed by atoms with van der Waals surface area (Å²) in [4.78, 5) is 16.7. The molecule has 0 saturated carbocycles. The molecular formula is C12H15NO3S. The van der Waals surface area contributed by atoms with Crippen LogP contribution < -0.4 is 0 Å². The topological polar surface area (TPSA) is 48.4 Å². The molecule has 4 nitrogen and oxygen atoms in total. The number of ether oxygens (including phenoxy) is 2. The highest BCUT2D eigenvalue weighted by atomic mass is 32.1. The van der Waals surface area contributed by atoms with E-state index < -0.39 is 0 Å². The summed E-state index contributed by atoms with van der Waals surface area (Å²) in [6.45, 7) is 1.86. The van der Waals surface area contributed by atoms with Crippen LogP contribution in [-0.4, -0.2) is 30.3 Å². The number of methoxy groups -OCH3 is 1. The van der Waals surface area contributed by atoms with Crippen molar-refractivity contribution in [3.63, 3.8) is 0 Å². The predicted molar refractivity (Wildman–Crippen MR) is 63.4 cm³/mol. The number of fused-ring (bicyclic) bond motifs is 2. The molecule has 1 aromatic heterocycles. The Kier molecular flexibility index (Phi) is 2.67. The van der Waals surface area contributed by atoms with Gasteiger partial charge in [-0.3, -0.25) is 0 Å². The van der Waals surface area contributed by atoms with Crippen molar-refractivity contribution in [3.8, 4) is 0 Å². The quantitative estimate of drug-likeness (QED) is 0.759. The van der Waals surface area contributed by atoms with Gasteiger partial charge in [-0.25, -0.2) is 9.78 Å². The van der Waals surface area contributed by atoms with E-state index in [-0.39, 0.29) is 5.97 Å². The summed E-state index contributed by atoms with van der Waals surface area (Å²) in [7, 11) is 1.40. The smallest absolute Gasteiger partial charge is 0.349 e. The van der Waals surface area contributed by atoms with Gasteiger partial charge in [0.15, 0.2) is 0 Å². The molecule has 0 radical (unpaired) electrons. The molecule has 92 valence electrons. The third-order valence-electron chi connectivity index (χ3n) is 3.61. The van der Waals surface area contributed by atoms with Gasteiger partial charge >= 0.3 is 5.97 Å². The maximum Gasteiger partial charge on any atom is 0.349 e. The first-order chi connectivity index (χ1) is 8.19. The molecule has 2 aliphatic rings. The number of nitrogens with zero attached hydrogens (tertiary/aromatic N) is 1. The van der Waals surface area contributed by atoms with Gasteiger partial charge in [-0.1, -0.05) is 0 Å². The molecule has 0 N–H and O–H groups in total. The van der Waals surface area contributed by atoms with Gasteiger partial charge in [0.1, 0.15) is 4.88 Å². The third kappa shape index (κ3) is 1.77. The van der Waals surface area contributed by atoms with Crippen LogP contribution in [0, 0.1) is 6.92 Å². The fourth-order valence-electron chi connectivity index (χ4n) is 2.76. The molecule has 17 heavy (non-hydrogen) atoms. The van der Waals surface area contributed by atoms with Crippen LogP contribution in [0.2, 0.25) is 0 Å². The van der Waals surface area contributed by atoms with E-state index in [2.05, 4.69) is 4.98 Å². The molecule has 2 bridgehead atoms. The largest absolute Gasteiger partial charge is 0.465 e. The van der Waals surface area contributed by atoms with Crippen LogP contribution in [0.25, 0.3) is 0 Å². The van der Waals surface area contributed by atoms with Gasteiger partial charge < -0.3 is 9.47 Å². The second kappa shape index (κ2) is 4.07. The molecule has 3 atom stereocenters. The molecule has 5 heteroatoms. The van der Waals surface area contributed by atoms with Gasteiger partial charge in [0.05, 0.1) is 30.0 Å². The van der Waals surface area contributed by atoms with Crippen LogP contribution in [0.15, 0.2) is 0 Å². The van der Waals surface area contributed by atoms with Gasteiger partial charge in [0.2, 0.25) is 0 Å². The van der Waals surface area contributed by atoms with Crippen molar-refractivity contribution in [1.82, 2.24) is 4.98 Å².